The highest BCUT2D eigenvalue weighted by atomic mass is 31.2. The molecule has 0 aromatic heterocycles. The van der Waals surface area contributed by atoms with E-state index in [-0.39, 0.29) is 12.3 Å². The number of benzene rings is 1. The molecule has 1 rings (SSSR count). The normalized spacial score (nSPS) is 13.9. The van der Waals surface area contributed by atoms with Crippen LogP contribution in [0.3, 0.4) is 0 Å². The molecule has 4 heteroatoms. The molecule has 1 unspecified atom stereocenters. The summed E-state index contributed by atoms with van der Waals surface area (Å²) in [4.78, 5) is 11.2. The van der Waals surface area contributed by atoms with Crippen molar-refractivity contribution in [2.45, 2.75) is 33.1 Å². The van der Waals surface area contributed by atoms with E-state index in [1.807, 2.05) is 30.3 Å². The topological polar surface area (TPSA) is 43.4 Å². The van der Waals surface area contributed by atoms with Crippen molar-refractivity contribution in [3.05, 3.63) is 30.3 Å². The number of rotatable bonds is 7. The molecule has 1 atom stereocenters. The highest BCUT2D eigenvalue weighted by Crippen LogP contribution is 2.45. The first-order valence-electron chi connectivity index (χ1n) is 6.41. The van der Waals surface area contributed by atoms with Gasteiger partial charge in [0.25, 0.3) is 0 Å². The summed E-state index contributed by atoms with van der Waals surface area (Å²) in [5, 5.41) is 0.808. The van der Waals surface area contributed by atoms with E-state index in [1.165, 1.54) is 0 Å². The molecule has 0 bridgehead atoms. The van der Waals surface area contributed by atoms with Crippen LogP contribution in [0.2, 0.25) is 0 Å². The fraction of sp³-hybridized carbons (Fsp3) is 0.500. The molecule has 0 spiro atoms. The van der Waals surface area contributed by atoms with Crippen LogP contribution >= 0.6 is 7.14 Å². The molecule has 1 aromatic rings. The zero-order valence-corrected chi connectivity index (χ0v) is 12.0. The van der Waals surface area contributed by atoms with E-state index in [0.717, 1.165) is 18.1 Å². The Morgan fingerprint density at radius 1 is 1.22 bits per heavy atom. The van der Waals surface area contributed by atoms with Crippen LogP contribution in [-0.4, -0.2) is 18.5 Å². The molecule has 1 aromatic carbocycles. The molecule has 0 saturated carbocycles. The number of esters is 1. The summed E-state index contributed by atoms with van der Waals surface area (Å²) in [5.41, 5.74) is 0. The first kappa shape index (κ1) is 15.0. The van der Waals surface area contributed by atoms with E-state index in [2.05, 4.69) is 6.92 Å². The average molecular weight is 268 g/mol. The van der Waals surface area contributed by atoms with Crippen molar-refractivity contribution in [2.75, 3.05) is 12.5 Å². The van der Waals surface area contributed by atoms with Crippen LogP contribution in [0, 0.1) is 0 Å². The van der Waals surface area contributed by atoms with Crippen LogP contribution in [0.4, 0.5) is 0 Å². The van der Waals surface area contributed by atoms with E-state index in [4.69, 9.17) is 4.74 Å². The Bertz CT molecular complexity index is 414. The monoisotopic (exact) mass is 268 g/mol. The van der Waals surface area contributed by atoms with Crippen molar-refractivity contribution in [1.82, 2.24) is 0 Å². The quantitative estimate of drug-likeness (QED) is 0.562. The van der Waals surface area contributed by atoms with Gasteiger partial charge in [-0.15, -0.1) is 0 Å². The van der Waals surface area contributed by atoms with Crippen LogP contribution in [0.25, 0.3) is 0 Å². The van der Waals surface area contributed by atoms with Crippen molar-refractivity contribution in [3.63, 3.8) is 0 Å². The second kappa shape index (κ2) is 7.38. The van der Waals surface area contributed by atoms with Gasteiger partial charge < -0.3 is 9.30 Å². The molecule has 0 radical (unpaired) electrons. The van der Waals surface area contributed by atoms with E-state index >= 15 is 0 Å². The molecule has 0 fully saturated rings. The summed E-state index contributed by atoms with van der Waals surface area (Å²) >= 11 is 0. The van der Waals surface area contributed by atoms with Gasteiger partial charge in [0.15, 0.2) is 7.14 Å². The number of carbonyl (C=O) groups excluding carboxylic acids is 1. The first-order valence-corrected chi connectivity index (χ1v) is 8.49. The Morgan fingerprint density at radius 2 is 1.89 bits per heavy atom. The third-order valence-electron chi connectivity index (χ3n) is 2.82. The number of ether oxygens (including phenoxy) is 1. The Hall–Kier alpha value is -1.08. The van der Waals surface area contributed by atoms with Gasteiger partial charge in [-0.25, -0.2) is 0 Å². The van der Waals surface area contributed by atoms with Crippen molar-refractivity contribution < 1.29 is 14.1 Å². The van der Waals surface area contributed by atoms with Gasteiger partial charge in [-0.2, -0.15) is 0 Å². The molecule has 100 valence electrons. The summed E-state index contributed by atoms with van der Waals surface area (Å²) in [5.74, 6) is -0.289. The highest BCUT2D eigenvalue weighted by molar-refractivity contribution is 7.71. The van der Waals surface area contributed by atoms with E-state index < -0.39 is 7.14 Å². The fourth-order valence-corrected chi connectivity index (χ4v) is 4.09. The minimum Gasteiger partial charge on any atom is -0.457 e. The summed E-state index contributed by atoms with van der Waals surface area (Å²) in [6, 6.07) is 9.35. The maximum absolute atomic E-state index is 12.9. The first-order chi connectivity index (χ1) is 8.62. The Balaban J connectivity index is 2.82. The summed E-state index contributed by atoms with van der Waals surface area (Å²) in [6.45, 7) is 3.80. The van der Waals surface area contributed by atoms with Crippen molar-refractivity contribution in [3.8, 4) is 0 Å². The molecule has 18 heavy (non-hydrogen) atoms. The lowest BCUT2D eigenvalue weighted by molar-refractivity contribution is -0.141. The van der Waals surface area contributed by atoms with Gasteiger partial charge in [-0.05, 0) is 6.42 Å². The lowest BCUT2D eigenvalue weighted by atomic mass is 10.4. The van der Waals surface area contributed by atoms with Crippen molar-refractivity contribution in [2.24, 2.45) is 0 Å². The highest BCUT2D eigenvalue weighted by Gasteiger charge is 2.25. The minimum absolute atomic E-state index is 0.0314. The molecule has 0 amide bonds. The van der Waals surface area contributed by atoms with Gasteiger partial charge in [0.05, 0.1) is 0 Å². The van der Waals surface area contributed by atoms with Crippen LogP contribution in [-0.2, 0) is 14.1 Å². The Kier molecular flexibility index (Phi) is 6.14. The molecule has 0 N–H and O–H groups in total. The zero-order valence-electron chi connectivity index (χ0n) is 11.1. The number of hydrogen-bond acceptors (Lipinski definition) is 3. The summed E-state index contributed by atoms with van der Waals surface area (Å²) in [7, 11) is -2.60. The van der Waals surface area contributed by atoms with Gasteiger partial charge in [0.2, 0.25) is 0 Å². The SMILES string of the molecule is CCCCP(=O)(COC(=O)CC)c1ccccc1. The summed E-state index contributed by atoms with van der Waals surface area (Å²) in [6.07, 6.45) is 2.82. The molecular weight excluding hydrogens is 247 g/mol. The maximum atomic E-state index is 12.9. The van der Waals surface area contributed by atoms with Gasteiger partial charge in [-0.3, -0.25) is 4.79 Å². The van der Waals surface area contributed by atoms with Crippen LogP contribution in [0.5, 0.6) is 0 Å². The third-order valence-corrected chi connectivity index (χ3v) is 5.65. The largest absolute Gasteiger partial charge is 0.457 e. The van der Waals surface area contributed by atoms with Crippen LogP contribution in [0.1, 0.15) is 33.1 Å². The van der Waals surface area contributed by atoms with E-state index in [1.54, 1.807) is 6.92 Å². The third kappa shape index (κ3) is 4.30. The van der Waals surface area contributed by atoms with E-state index in [9.17, 15) is 9.36 Å². The Morgan fingerprint density at radius 3 is 2.44 bits per heavy atom. The molecular formula is C14H21O3P. The van der Waals surface area contributed by atoms with E-state index in [0.29, 0.717) is 12.6 Å². The molecule has 0 heterocycles. The number of unbranched alkanes of at least 4 members (excludes halogenated alkanes) is 1. The summed E-state index contributed by atoms with van der Waals surface area (Å²) < 4.78 is 18.0. The fourth-order valence-electron chi connectivity index (χ4n) is 1.66. The molecule has 0 saturated heterocycles. The average Bonchev–Trinajstić information content (AvgIpc) is 2.43. The second-order valence-electron chi connectivity index (χ2n) is 4.30. The molecule has 3 nitrogen and oxygen atoms in total. The number of carbonyl (C=O) groups is 1. The molecule has 0 aliphatic carbocycles. The standard InChI is InChI=1S/C14H21O3P/c1-3-5-11-18(16,12-17-14(15)4-2)13-9-7-6-8-10-13/h6-10H,3-5,11-12H2,1-2H3. The predicted molar refractivity (Wildman–Crippen MR) is 74.7 cm³/mol. The van der Waals surface area contributed by atoms with Crippen LogP contribution in [0.15, 0.2) is 30.3 Å². The van der Waals surface area contributed by atoms with Gasteiger partial charge in [-0.1, -0.05) is 50.6 Å². The second-order valence-corrected chi connectivity index (χ2v) is 7.30. The van der Waals surface area contributed by atoms with Crippen molar-refractivity contribution >= 4 is 18.4 Å². The van der Waals surface area contributed by atoms with Crippen LogP contribution < -0.4 is 5.30 Å². The lowest BCUT2D eigenvalue weighted by Crippen LogP contribution is -2.15. The van der Waals surface area contributed by atoms with Crippen molar-refractivity contribution in [1.29, 1.82) is 0 Å². The van der Waals surface area contributed by atoms with Gasteiger partial charge in [0, 0.05) is 17.9 Å². The zero-order chi connectivity index (χ0) is 13.4. The smallest absolute Gasteiger partial charge is 0.305 e. The molecule has 0 aliphatic heterocycles. The van der Waals surface area contributed by atoms with Gasteiger partial charge in [0.1, 0.15) is 6.35 Å². The minimum atomic E-state index is -2.60. The molecule has 0 aliphatic rings. The predicted octanol–water partition coefficient (Wildman–Crippen LogP) is 3.39. The Labute approximate surface area is 109 Å². The number of hydrogen-bond donors (Lipinski definition) is 0. The van der Waals surface area contributed by atoms with Gasteiger partial charge >= 0.3 is 5.97 Å². The lowest BCUT2D eigenvalue weighted by Gasteiger charge is -2.18. The maximum Gasteiger partial charge on any atom is 0.305 e.